The molecular formula is C25H25FN2O5. The summed E-state index contributed by atoms with van der Waals surface area (Å²) in [5, 5.41) is 3.92. The lowest BCUT2D eigenvalue weighted by Crippen LogP contribution is -2.24. The van der Waals surface area contributed by atoms with E-state index in [1.165, 1.54) is 12.1 Å². The smallest absolute Gasteiger partial charge is 0.341 e. The first kappa shape index (κ1) is 22.6. The van der Waals surface area contributed by atoms with Crippen LogP contribution in [-0.2, 0) is 4.74 Å². The van der Waals surface area contributed by atoms with E-state index in [-0.39, 0.29) is 29.0 Å². The minimum absolute atomic E-state index is 0.0977. The van der Waals surface area contributed by atoms with Crippen molar-refractivity contribution in [1.82, 2.24) is 10.1 Å². The predicted molar refractivity (Wildman–Crippen MR) is 117 cm³/mol. The van der Waals surface area contributed by atoms with E-state index in [0.717, 1.165) is 18.9 Å². The summed E-state index contributed by atoms with van der Waals surface area (Å²) < 4.78 is 30.8. The minimum Gasteiger partial charge on any atom is -0.483 e. The second kappa shape index (κ2) is 8.77. The van der Waals surface area contributed by atoms with Gasteiger partial charge in [0.2, 0.25) is 5.82 Å². The second-order valence-corrected chi connectivity index (χ2v) is 9.08. The minimum atomic E-state index is -0.746. The Morgan fingerprint density at radius 1 is 1.12 bits per heavy atom. The maximum Gasteiger partial charge on any atom is 0.341 e. The van der Waals surface area contributed by atoms with Crippen LogP contribution in [0.3, 0.4) is 0 Å². The molecule has 0 spiro atoms. The lowest BCUT2D eigenvalue weighted by atomic mass is 10.1. The standard InChI is InChI=1S/C25H25FN2O5/c1-14(31-18-10-7-16(8-11-18)21(29)15-5-6-15)22-27-23(33-28-22)17-9-12-19(20(26)13-17)24(30)32-25(2,3)4/h7-15H,5-6H2,1-4H3. The Labute approximate surface area is 190 Å². The fraction of sp³-hybridized carbons (Fsp3) is 0.360. The number of hydrogen-bond donors (Lipinski definition) is 0. The largest absolute Gasteiger partial charge is 0.483 e. The van der Waals surface area contributed by atoms with Crippen LogP contribution >= 0.6 is 0 Å². The van der Waals surface area contributed by atoms with Crippen LogP contribution in [0, 0.1) is 11.7 Å². The van der Waals surface area contributed by atoms with Crippen molar-refractivity contribution in [3.05, 3.63) is 65.2 Å². The number of halogens is 1. The Balaban J connectivity index is 1.43. The van der Waals surface area contributed by atoms with Crippen LogP contribution in [0.4, 0.5) is 4.39 Å². The third kappa shape index (κ3) is 5.45. The molecule has 7 nitrogen and oxygen atoms in total. The summed E-state index contributed by atoms with van der Waals surface area (Å²) in [6.45, 7) is 6.89. The van der Waals surface area contributed by atoms with E-state index >= 15 is 0 Å². The zero-order valence-corrected chi connectivity index (χ0v) is 18.9. The van der Waals surface area contributed by atoms with Crippen molar-refractivity contribution in [3.63, 3.8) is 0 Å². The lowest BCUT2D eigenvalue weighted by molar-refractivity contribution is 0.00646. The molecule has 1 aliphatic rings. The van der Waals surface area contributed by atoms with Crippen LogP contribution in [0.1, 0.15) is 73.2 Å². The van der Waals surface area contributed by atoms with Crippen molar-refractivity contribution in [2.45, 2.75) is 52.2 Å². The van der Waals surface area contributed by atoms with Crippen molar-refractivity contribution < 1.29 is 28.0 Å². The maximum atomic E-state index is 14.5. The van der Waals surface area contributed by atoms with Crippen molar-refractivity contribution >= 4 is 11.8 Å². The highest BCUT2D eigenvalue weighted by Gasteiger charge is 2.30. The predicted octanol–water partition coefficient (Wildman–Crippen LogP) is 5.56. The van der Waals surface area contributed by atoms with Gasteiger partial charge in [0.1, 0.15) is 17.2 Å². The van der Waals surface area contributed by atoms with Crippen LogP contribution in [0.2, 0.25) is 0 Å². The number of aromatic nitrogens is 2. The molecule has 0 N–H and O–H groups in total. The number of nitrogens with zero attached hydrogens (tertiary/aromatic N) is 2. The van der Waals surface area contributed by atoms with Gasteiger partial charge in [0, 0.05) is 17.0 Å². The van der Waals surface area contributed by atoms with Crippen LogP contribution in [0.15, 0.2) is 47.0 Å². The van der Waals surface area contributed by atoms with E-state index in [2.05, 4.69) is 10.1 Å². The molecule has 33 heavy (non-hydrogen) atoms. The third-order valence-corrected chi connectivity index (χ3v) is 5.04. The summed E-state index contributed by atoms with van der Waals surface area (Å²) in [5.74, 6) is -0.218. The zero-order valence-electron chi connectivity index (χ0n) is 18.9. The van der Waals surface area contributed by atoms with Crippen LogP contribution in [-0.4, -0.2) is 27.5 Å². The van der Waals surface area contributed by atoms with Gasteiger partial charge < -0.3 is 14.0 Å². The Bertz CT molecular complexity index is 1180. The molecule has 1 aliphatic carbocycles. The van der Waals surface area contributed by atoms with Gasteiger partial charge in [0.05, 0.1) is 5.56 Å². The van der Waals surface area contributed by atoms with Gasteiger partial charge in [-0.25, -0.2) is 9.18 Å². The second-order valence-electron chi connectivity index (χ2n) is 9.08. The summed E-state index contributed by atoms with van der Waals surface area (Å²) in [7, 11) is 0. The third-order valence-electron chi connectivity index (χ3n) is 5.04. The summed E-state index contributed by atoms with van der Waals surface area (Å²) in [6, 6.07) is 11.0. The number of ether oxygens (including phenoxy) is 2. The molecule has 4 rings (SSSR count). The Kier molecular flexibility index (Phi) is 6.01. The maximum absolute atomic E-state index is 14.5. The van der Waals surface area contributed by atoms with E-state index in [0.29, 0.717) is 16.9 Å². The van der Waals surface area contributed by atoms with Gasteiger partial charge in [-0.2, -0.15) is 4.98 Å². The van der Waals surface area contributed by atoms with Crippen LogP contribution < -0.4 is 4.74 Å². The highest BCUT2D eigenvalue weighted by atomic mass is 19.1. The molecule has 0 amide bonds. The van der Waals surface area contributed by atoms with Crippen LogP contribution in [0.5, 0.6) is 5.75 Å². The summed E-state index contributed by atoms with van der Waals surface area (Å²) in [6.07, 6.45) is 1.38. The first-order chi connectivity index (χ1) is 15.6. The van der Waals surface area contributed by atoms with Gasteiger partial charge in [0.25, 0.3) is 5.89 Å². The first-order valence-corrected chi connectivity index (χ1v) is 10.8. The SMILES string of the molecule is CC(Oc1ccc(C(=O)C2CC2)cc1)c1noc(-c2ccc(C(=O)OC(C)(C)C)c(F)c2)n1. The summed E-state index contributed by atoms with van der Waals surface area (Å²) in [5.41, 5.74) is 0.103. The van der Waals surface area contributed by atoms with Crippen molar-refractivity contribution in [1.29, 1.82) is 0 Å². The van der Waals surface area contributed by atoms with Crippen LogP contribution in [0.25, 0.3) is 11.5 Å². The van der Waals surface area contributed by atoms with E-state index in [1.807, 2.05) is 0 Å². The normalized spacial score (nSPS) is 14.6. The van der Waals surface area contributed by atoms with E-state index < -0.39 is 23.5 Å². The molecule has 1 heterocycles. The molecule has 1 saturated carbocycles. The van der Waals surface area contributed by atoms with Gasteiger partial charge in [0.15, 0.2) is 11.9 Å². The van der Waals surface area contributed by atoms with E-state index in [4.69, 9.17) is 14.0 Å². The van der Waals surface area contributed by atoms with Gasteiger partial charge in [-0.1, -0.05) is 5.16 Å². The highest BCUT2D eigenvalue weighted by Crippen LogP contribution is 2.33. The van der Waals surface area contributed by atoms with Gasteiger partial charge in [-0.05, 0) is 83.0 Å². The molecule has 2 aromatic carbocycles. The van der Waals surface area contributed by atoms with Gasteiger partial charge in [-0.3, -0.25) is 4.79 Å². The van der Waals surface area contributed by atoms with Gasteiger partial charge >= 0.3 is 5.97 Å². The average molecular weight is 452 g/mol. The molecule has 0 bridgehead atoms. The fourth-order valence-corrected chi connectivity index (χ4v) is 3.20. The van der Waals surface area contributed by atoms with Gasteiger partial charge in [-0.15, -0.1) is 0 Å². The molecule has 3 aromatic rings. The molecule has 1 unspecified atom stereocenters. The molecule has 1 aromatic heterocycles. The monoisotopic (exact) mass is 452 g/mol. The topological polar surface area (TPSA) is 91.5 Å². The zero-order chi connectivity index (χ0) is 23.8. The number of benzene rings is 2. The number of Topliss-reactive ketones (excluding diaryl/α,β-unsaturated/α-hetero) is 1. The number of ketones is 1. The number of carbonyl (C=O) groups is 2. The molecule has 1 fully saturated rings. The average Bonchev–Trinajstić information content (AvgIpc) is 3.48. The quantitative estimate of drug-likeness (QED) is 0.342. The molecular weight excluding hydrogens is 427 g/mol. The number of hydrogen-bond acceptors (Lipinski definition) is 7. The number of esters is 1. The first-order valence-electron chi connectivity index (χ1n) is 10.8. The molecule has 0 saturated heterocycles. The van der Waals surface area contributed by atoms with E-state index in [9.17, 15) is 14.0 Å². The Morgan fingerprint density at radius 3 is 2.42 bits per heavy atom. The van der Waals surface area contributed by atoms with Crippen molar-refractivity contribution in [2.24, 2.45) is 5.92 Å². The molecule has 172 valence electrons. The number of carbonyl (C=O) groups excluding carboxylic acids is 2. The highest BCUT2D eigenvalue weighted by molar-refractivity contribution is 5.99. The molecule has 1 atom stereocenters. The fourth-order valence-electron chi connectivity index (χ4n) is 3.20. The molecule has 8 heteroatoms. The Hall–Kier alpha value is -3.55. The summed E-state index contributed by atoms with van der Waals surface area (Å²) in [4.78, 5) is 28.5. The van der Waals surface area contributed by atoms with E-state index in [1.54, 1.807) is 52.0 Å². The van der Waals surface area contributed by atoms with Crippen molar-refractivity contribution in [3.8, 4) is 17.2 Å². The molecule has 0 aliphatic heterocycles. The Morgan fingerprint density at radius 2 is 1.82 bits per heavy atom. The summed E-state index contributed by atoms with van der Waals surface area (Å²) >= 11 is 0. The number of rotatable bonds is 7. The molecule has 0 radical (unpaired) electrons. The van der Waals surface area contributed by atoms with Crippen molar-refractivity contribution in [2.75, 3.05) is 0 Å². The lowest BCUT2D eigenvalue weighted by Gasteiger charge is -2.19.